The summed E-state index contributed by atoms with van der Waals surface area (Å²) < 4.78 is 66.2. The number of sulfonamides is 2. The zero-order valence-corrected chi connectivity index (χ0v) is 19.5. The van der Waals surface area contributed by atoms with Gasteiger partial charge in [-0.15, -0.1) is 0 Å². The van der Waals surface area contributed by atoms with E-state index in [0.29, 0.717) is 5.69 Å². The van der Waals surface area contributed by atoms with Crippen LogP contribution in [0.3, 0.4) is 0 Å². The van der Waals surface area contributed by atoms with E-state index in [1.165, 1.54) is 36.4 Å². The zero-order valence-electron chi connectivity index (χ0n) is 17.8. The van der Waals surface area contributed by atoms with Gasteiger partial charge in [-0.2, -0.15) is 0 Å². The summed E-state index contributed by atoms with van der Waals surface area (Å²) in [7, 11) is -7.70. The molecule has 33 heavy (non-hydrogen) atoms. The first-order chi connectivity index (χ1) is 15.4. The van der Waals surface area contributed by atoms with Crippen molar-refractivity contribution >= 4 is 43.0 Å². The van der Waals surface area contributed by atoms with E-state index in [1.807, 2.05) is 13.0 Å². The summed E-state index contributed by atoms with van der Waals surface area (Å²) in [6, 6.07) is 17.2. The van der Waals surface area contributed by atoms with Crippen LogP contribution in [0.4, 0.5) is 21.5 Å². The van der Waals surface area contributed by atoms with Gasteiger partial charge in [-0.05, 0) is 67.1 Å². The fraction of sp³-hybridized carbons (Fsp3) is 0.136. The summed E-state index contributed by atoms with van der Waals surface area (Å²) in [5.41, 5.74) is 1.60. The molecular weight excluding hydrogens is 469 g/mol. The van der Waals surface area contributed by atoms with Crippen LogP contribution in [-0.4, -0.2) is 35.5 Å². The van der Waals surface area contributed by atoms with Gasteiger partial charge in [0.05, 0.1) is 16.8 Å². The second kappa shape index (κ2) is 9.59. The van der Waals surface area contributed by atoms with Gasteiger partial charge in [-0.1, -0.05) is 18.2 Å². The topological polar surface area (TPSA) is 113 Å². The molecule has 0 saturated carbocycles. The number of nitrogens with one attached hydrogen (secondary N) is 2. The van der Waals surface area contributed by atoms with Crippen molar-refractivity contribution in [1.82, 2.24) is 0 Å². The van der Waals surface area contributed by atoms with E-state index in [0.717, 1.165) is 28.3 Å². The van der Waals surface area contributed by atoms with Crippen LogP contribution in [0.2, 0.25) is 0 Å². The Morgan fingerprint density at radius 1 is 0.909 bits per heavy atom. The molecule has 0 aliphatic carbocycles. The normalized spacial score (nSPS) is 11.6. The molecule has 3 aromatic carbocycles. The average Bonchev–Trinajstić information content (AvgIpc) is 2.71. The SMILES string of the molecule is Cc1cccc(NS(=O)(=O)c2ccc(NC(=O)CN(c3cccc(F)c3)S(C)(=O)=O)cc2)c1. The van der Waals surface area contributed by atoms with Crippen molar-refractivity contribution in [3.05, 3.63) is 84.2 Å². The van der Waals surface area contributed by atoms with Crippen molar-refractivity contribution < 1.29 is 26.0 Å². The van der Waals surface area contributed by atoms with E-state index in [1.54, 1.807) is 18.2 Å². The van der Waals surface area contributed by atoms with E-state index in [4.69, 9.17) is 0 Å². The molecule has 0 unspecified atom stereocenters. The third kappa shape index (κ3) is 6.53. The molecule has 0 bridgehead atoms. The number of hydrogen-bond acceptors (Lipinski definition) is 5. The van der Waals surface area contributed by atoms with Crippen LogP contribution in [0.1, 0.15) is 5.56 Å². The Hall–Kier alpha value is -3.44. The summed E-state index contributed by atoms with van der Waals surface area (Å²) in [6.07, 6.45) is 0.909. The Labute approximate surface area is 192 Å². The summed E-state index contributed by atoms with van der Waals surface area (Å²) in [5.74, 6) is -1.32. The maximum Gasteiger partial charge on any atom is 0.261 e. The molecule has 11 heteroatoms. The number of rotatable bonds is 8. The smallest absolute Gasteiger partial charge is 0.261 e. The average molecular weight is 492 g/mol. The summed E-state index contributed by atoms with van der Waals surface area (Å²) in [6.45, 7) is 1.26. The van der Waals surface area contributed by atoms with E-state index < -0.39 is 38.3 Å². The van der Waals surface area contributed by atoms with Crippen LogP contribution in [0, 0.1) is 12.7 Å². The molecule has 0 spiro atoms. The van der Waals surface area contributed by atoms with Gasteiger partial charge in [-0.3, -0.25) is 13.8 Å². The highest BCUT2D eigenvalue weighted by molar-refractivity contribution is 7.92. The van der Waals surface area contributed by atoms with Crippen LogP contribution in [0.25, 0.3) is 0 Å². The summed E-state index contributed by atoms with van der Waals surface area (Å²) in [5, 5.41) is 2.51. The fourth-order valence-corrected chi connectivity index (χ4v) is 4.90. The minimum Gasteiger partial charge on any atom is -0.325 e. The standard InChI is InChI=1S/C22H22FN3O5S2/c1-16-5-3-7-19(13-16)25-33(30,31)21-11-9-18(10-12-21)24-22(27)15-26(32(2,28)29)20-8-4-6-17(23)14-20/h3-14,25H,15H2,1-2H3,(H,24,27). The van der Waals surface area contributed by atoms with Crippen LogP contribution < -0.4 is 14.3 Å². The number of aryl methyl sites for hydroxylation is 1. The van der Waals surface area contributed by atoms with E-state index in [-0.39, 0.29) is 16.3 Å². The number of anilines is 3. The van der Waals surface area contributed by atoms with Crippen molar-refractivity contribution in [3.63, 3.8) is 0 Å². The lowest BCUT2D eigenvalue weighted by molar-refractivity contribution is -0.114. The van der Waals surface area contributed by atoms with Gasteiger partial charge < -0.3 is 5.32 Å². The highest BCUT2D eigenvalue weighted by Gasteiger charge is 2.21. The minimum absolute atomic E-state index is 0.0105. The van der Waals surface area contributed by atoms with Crippen LogP contribution in [0.5, 0.6) is 0 Å². The number of hydrogen-bond donors (Lipinski definition) is 2. The molecule has 0 heterocycles. The van der Waals surface area contributed by atoms with Gasteiger partial charge in [0.15, 0.2) is 0 Å². The highest BCUT2D eigenvalue weighted by Crippen LogP contribution is 2.21. The first-order valence-corrected chi connectivity index (χ1v) is 13.0. The van der Waals surface area contributed by atoms with Crippen LogP contribution >= 0.6 is 0 Å². The largest absolute Gasteiger partial charge is 0.325 e. The maximum atomic E-state index is 13.5. The van der Waals surface area contributed by atoms with Crippen molar-refractivity contribution in [2.24, 2.45) is 0 Å². The second-order valence-electron chi connectivity index (χ2n) is 7.30. The number of carbonyl (C=O) groups excluding carboxylic acids is 1. The number of carbonyl (C=O) groups is 1. The molecule has 0 fully saturated rings. The van der Waals surface area contributed by atoms with E-state index in [2.05, 4.69) is 10.0 Å². The Morgan fingerprint density at radius 3 is 2.18 bits per heavy atom. The molecule has 3 rings (SSSR count). The molecular formula is C22H22FN3O5S2. The molecule has 2 N–H and O–H groups in total. The lowest BCUT2D eigenvalue weighted by Gasteiger charge is -2.22. The molecule has 0 radical (unpaired) electrons. The molecule has 0 aliphatic rings. The molecule has 0 aliphatic heterocycles. The van der Waals surface area contributed by atoms with Gasteiger partial charge >= 0.3 is 0 Å². The molecule has 0 aromatic heterocycles. The van der Waals surface area contributed by atoms with Gasteiger partial charge in [0.2, 0.25) is 15.9 Å². The van der Waals surface area contributed by atoms with Crippen molar-refractivity contribution in [2.75, 3.05) is 27.1 Å². The number of nitrogens with zero attached hydrogens (tertiary/aromatic N) is 1. The lowest BCUT2D eigenvalue weighted by Crippen LogP contribution is -2.37. The molecule has 0 atom stereocenters. The van der Waals surface area contributed by atoms with Crippen molar-refractivity contribution in [3.8, 4) is 0 Å². The fourth-order valence-electron chi connectivity index (χ4n) is 3.00. The maximum absolute atomic E-state index is 13.5. The van der Waals surface area contributed by atoms with Crippen molar-refractivity contribution in [1.29, 1.82) is 0 Å². The van der Waals surface area contributed by atoms with Gasteiger partial charge in [0, 0.05) is 11.4 Å². The van der Waals surface area contributed by atoms with E-state index >= 15 is 0 Å². The number of halogens is 1. The minimum atomic E-state index is -3.86. The summed E-state index contributed by atoms with van der Waals surface area (Å²) in [4.78, 5) is 12.4. The van der Waals surface area contributed by atoms with Crippen LogP contribution in [0.15, 0.2) is 77.7 Å². The van der Waals surface area contributed by atoms with Crippen LogP contribution in [-0.2, 0) is 24.8 Å². The molecule has 8 nitrogen and oxygen atoms in total. The third-order valence-corrected chi connectivity index (χ3v) is 7.04. The predicted molar refractivity (Wildman–Crippen MR) is 126 cm³/mol. The quantitative estimate of drug-likeness (QED) is 0.502. The van der Waals surface area contributed by atoms with E-state index in [9.17, 15) is 26.0 Å². The Bertz CT molecular complexity index is 1380. The highest BCUT2D eigenvalue weighted by atomic mass is 32.2. The van der Waals surface area contributed by atoms with Crippen molar-refractivity contribution in [2.45, 2.75) is 11.8 Å². The first kappa shape index (κ1) is 24.2. The number of amides is 1. The Morgan fingerprint density at radius 2 is 1.58 bits per heavy atom. The number of benzene rings is 3. The predicted octanol–water partition coefficient (Wildman–Crippen LogP) is 3.34. The molecule has 1 amide bonds. The first-order valence-electron chi connectivity index (χ1n) is 9.67. The molecule has 0 saturated heterocycles. The Balaban J connectivity index is 1.71. The zero-order chi connectivity index (χ0) is 24.2. The van der Waals surface area contributed by atoms with Gasteiger partial charge in [-0.25, -0.2) is 21.2 Å². The summed E-state index contributed by atoms with van der Waals surface area (Å²) >= 11 is 0. The molecule has 3 aromatic rings. The molecule has 174 valence electrons. The lowest BCUT2D eigenvalue weighted by atomic mass is 10.2. The van der Waals surface area contributed by atoms with Gasteiger partial charge in [0.25, 0.3) is 10.0 Å². The monoisotopic (exact) mass is 491 g/mol. The third-order valence-electron chi connectivity index (χ3n) is 4.50. The second-order valence-corrected chi connectivity index (χ2v) is 10.9. The Kier molecular flexibility index (Phi) is 7.04. The van der Waals surface area contributed by atoms with Gasteiger partial charge in [0.1, 0.15) is 12.4 Å².